The second kappa shape index (κ2) is 9.13. The highest BCUT2D eigenvalue weighted by Gasteiger charge is 2.52. The maximum Gasteiger partial charge on any atom is 0.319 e. The summed E-state index contributed by atoms with van der Waals surface area (Å²) in [6.07, 6.45) is 2.67. The van der Waals surface area contributed by atoms with E-state index in [4.69, 9.17) is 9.47 Å². The maximum atomic E-state index is 15.5. The fraction of sp³-hybridized carbons (Fsp3) is 0.458. The monoisotopic (exact) mass is 463 g/mol. The molecule has 0 spiro atoms. The summed E-state index contributed by atoms with van der Waals surface area (Å²) >= 11 is 0. The number of amides is 2. The first-order chi connectivity index (χ1) is 15.8. The molecule has 2 fully saturated rings. The number of rotatable bonds is 5. The van der Waals surface area contributed by atoms with Gasteiger partial charge in [-0.2, -0.15) is 0 Å². The summed E-state index contributed by atoms with van der Waals surface area (Å²) in [4.78, 5) is 14.6. The van der Waals surface area contributed by atoms with Crippen molar-refractivity contribution in [3.63, 3.8) is 0 Å². The van der Waals surface area contributed by atoms with Crippen LogP contribution in [-0.2, 0) is 5.41 Å². The molecule has 1 saturated heterocycles. The smallest absolute Gasteiger partial charge is 0.319 e. The van der Waals surface area contributed by atoms with Crippen LogP contribution in [0.15, 0.2) is 30.3 Å². The van der Waals surface area contributed by atoms with Crippen LogP contribution in [0.25, 0.3) is 0 Å². The maximum absolute atomic E-state index is 15.5. The van der Waals surface area contributed by atoms with Crippen LogP contribution >= 0.6 is 0 Å². The minimum atomic E-state index is -0.714. The van der Waals surface area contributed by atoms with Gasteiger partial charge < -0.3 is 25.0 Å². The minimum Gasteiger partial charge on any atom is -0.493 e. The van der Waals surface area contributed by atoms with E-state index in [9.17, 15) is 13.6 Å². The third kappa shape index (κ3) is 4.21. The van der Waals surface area contributed by atoms with Gasteiger partial charge in [0, 0.05) is 23.6 Å². The Kier molecular flexibility index (Phi) is 6.43. The van der Waals surface area contributed by atoms with Crippen LogP contribution in [0.5, 0.6) is 11.5 Å². The molecule has 1 heterocycles. The van der Waals surface area contributed by atoms with E-state index in [-0.39, 0.29) is 23.5 Å². The molecule has 1 saturated carbocycles. The highest BCUT2D eigenvalue weighted by atomic mass is 19.1. The quantitative estimate of drug-likeness (QED) is 0.689. The van der Waals surface area contributed by atoms with Crippen molar-refractivity contribution in [2.45, 2.75) is 43.2 Å². The fourth-order valence-electron chi connectivity index (χ4n) is 5.43. The largest absolute Gasteiger partial charge is 0.493 e. The Morgan fingerprint density at radius 1 is 1.12 bits per heavy atom. The van der Waals surface area contributed by atoms with Crippen molar-refractivity contribution >= 4 is 11.7 Å². The van der Waals surface area contributed by atoms with Crippen LogP contribution in [0.1, 0.15) is 31.2 Å². The van der Waals surface area contributed by atoms with E-state index in [1.807, 2.05) is 7.05 Å². The number of fused-ring (bicyclic) bond motifs is 1. The molecule has 4 rings (SSSR count). The van der Waals surface area contributed by atoms with Gasteiger partial charge >= 0.3 is 6.03 Å². The van der Waals surface area contributed by atoms with E-state index < -0.39 is 28.9 Å². The lowest BCUT2D eigenvalue weighted by Gasteiger charge is -2.45. The predicted molar refractivity (Wildman–Crippen MR) is 118 cm³/mol. The normalized spacial score (nSPS) is 24.8. The van der Waals surface area contributed by atoms with Gasteiger partial charge in [0.05, 0.1) is 19.9 Å². The van der Waals surface area contributed by atoms with Crippen LogP contribution in [0.4, 0.5) is 23.7 Å². The fourth-order valence-corrected chi connectivity index (χ4v) is 5.43. The molecular weight excluding hydrogens is 435 g/mol. The summed E-state index contributed by atoms with van der Waals surface area (Å²) in [6, 6.07) is 5.59. The SMILES string of the molecule is COc1ccc(C23CCC(NC(=O)Nc4cc(F)ccc4F)CC2N(C)CC3)c(F)c1OC. The number of likely N-dealkylation sites (N-methyl/N-ethyl adjacent to an activating group) is 1. The zero-order valence-corrected chi connectivity index (χ0v) is 18.9. The molecule has 2 N–H and O–H groups in total. The lowest BCUT2D eigenvalue weighted by atomic mass is 9.65. The Morgan fingerprint density at radius 2 is 1.91 bits per heavy atom. The highest BCUT2D eigenvalue weighted by Crippen LogP contribution is 2.51. The van der Waals surface area contributed by atoms with Crippen LogP contribution in [-0.4, -0.2) is 50.8 Å². The Hall–Kier alpha value is -2.94. The zero-order valence-electron chi connectivity index (χ0n) is 18.9. The van der Waals surface area contributed by atoms with Gasteiger partial charge in [-0.3, -0.25) is 0 Å². The van der Waals surface area contributed by atoms with Gasteiger partial charge in [-0.1, -0.05) is 6.07 Å². The third-order valence-corrected chi connectivity index (χ3v) is 7.06. The van der Waals surface area contributed by atoms with E-state index in [1.54, 1.807) is 12.1 Å². The minimum absolute atomic E-state index is 0.00458. The van der Waals surface area contributed by atoms with Crippen LogP contribution < -0.4 is 20.1 Å². The molecule has 2 aliphatic rings. The molecule has 3 unspecified atom stereocenters. The average molecular weight is 464 g/mol. The first kappa shape index (κ1) is 23.2. The standard InChI is InChI=1S/C24H28F3N3O3/c1-30-11-10-24(16-5-7-19(32-2)22(33-3)21(16)27)9-8-15(13-20(24)30)28-23(31)29-18-12-14(25)4-6-17(18)26/h4-7,12,15,20H,8-11,13H2,1-3H3,(H2,28,29,31). The van der Waals surface area contributed by atoms with Crippen LogP contribution in [0, 0.1) is 17.5 Å². The molecule has 3 atom stereocenters. The van der Waals surface area contributed by atoms with Crippen molar-refractivity contribution in [3.8, 4) is 11.5 Å². The molecule has 9 heteroatoms. The van der Waals surface area contributed by atoms with Gasteiger partial charge in [0.2, 0.25) is 0 Å². The summed E-state index contributed by atoms with van der Waals surface area (Å²) in [7, 11) is 4.89. The first-order valence-electron chi connectivity index (χ1n) is 10.9. The summed E-state index contributed by atoms with van der Waals surface area (Å²) in [5.41, 5.74) is -0.0379. The Balaban J connectivity index is 1.52. The van der Waals surface area contributed by atoms with Gasteiger partial charge in [0.25, 0.3) is 0 Å². The highest BCUT2D eigenvalue weighted by molar-refractivity contribution is 5.89. The van der Waals surface area contributed by atoms with Gasteiger partial charge in [-0.15, -0.1) is 0 Å². The number of carbonyl (C=O) groups is 1. The molecule has 2 amide bonds. The number of carbonyl (C=O) groups excluding carboxylic acids is 1. The van der Waals surface area contributed by atoms with E-state index in [1.165, 1.54) is 14.2 Å². The topological polar surface area (TPSA) is 62.8 Å². The van der Waals surface area contributed by atoms with Crippen molar-refractivity contribution in [3.05, 3.63) is 53.3 Å². The second-order valence-electron chi connectivity index (χ2n) is 8.76. The number of benzene rings is 2. The summed E-state index contributed by atoms with van der Waals surface area (Å²) < 4.78 is 53.3. The molecule has 0 bridgehead atoms. The number of ether oxygens (including phenoxy) is 2. The van der Waals surface area contributed by atoms with Crippen molar-refractivity contribution in [1.29, 1.82) is 0 Å². The number of nitrogens with zero attached hydrogens (tertiary/aromatic N) is 1. The Morgan fingerprint density at radius 3 is 2.64 bits per heavy atom. The number of likely N-dealkylation sites (tertiary alicyclic amines) is 1. The van der Waals surface area contributed by atoms with Gasteiger partial charge in [0.15, 0.2) is 17.3 Å². The molecule has 6 nitrogen and oxygen atoms in total. The number of methoxy groups -OCH3 is 2. The van der Waals surface area contributed by atoms with Gasteiger partial charge in [-0.05, 0) is 63.0 Å². The summed E-state index contributed by atoms with van der Waals surface area (Å²) in [6.45, 7) is 0.797. The Labute approximate surface area is 191 Å². The van der Waals surface area contributed by atoms with Crippen LogP contribution in [0.3, 0.4) is 0 Å². The molecule has 1 aliphatic heterocycles. The van der Waals surface area contributed by atoms with Crippen LogP contribution in [0.2, 0.25) is 0 Å². The number of urea groups is 1. The first-order valence-corrected chi connectivity index (χ1v) is 10.9. The zero-order chi connectivity index (χ0) is 23.8. The van der Waals surface area contributed by atoms with E-state index in [0.717, 1.165) is 31.2 Å². The molecule has 33 heavy (non-hydrogen) atoms. The summed E-state index contributed by atoms with van der Waals surface area (Å²) in [5.74, 6) is -1.33. The number of hydrogen-bond acceptors (Lipinski definition) is 4. The third-order valence-electron chi connectivity index (χ3n) is 7.06. The predicted octanol–water partition coefficient (Wildman–Crippen LogP) is 4.44. The van der Waals surface area contributed by atoms with E-state index in [0.29, 0.717) is 30.6 Å². The second-order valence-corrected chi connectivity index (χ2v) is 8.76. The van der Waals surface area contributed by atoms with Crippen molar-refractivity contribution in [2.24, 2.45) is 0 Å². The molecule has 2 aromatic carbocycles. The van der Waals surface area contributed by atoms with Gasteiger partial charge in [-0.25, -0.2) is 18.0 Å². The molecular formula is C24H28F3N3O3. The lowest BCUT2D eigenvalue weighted by Crippen LogP contribution is -2.52. The molecule has 0 aromatic heterocycles. The number of halogens is 3. The summed E-state index contributed by atoms with van der Waals surface area (Å²) in [5, 5.41) is 5.25. The number of anilines is 1. The number of nitrogens with one attached hydrogen (secondary N) is 2. The Bertz CT molecular complexity index is 1050. The average Bonchev–Trinajstić information content (AvgIpc) is 3.12. The van der Waals surface area contributed by atoms with E-state index >= 15 is 4.39 Å². The van der Waals surface area contributed by atoms with Crippen molar-refractivity contribution in [1.82, 2.24) is 10.2 Å². The van der Waals surface area contributed by atoms with Gasteiger partial charge in [0.1, 0.15) is 11.6 Å². The molecule has 2 aromatic rings. The van der Waals surface area contributed by atoms with Crippen molar-refractivity contribution < 1.29 is 27.4 Å². The molecule has 178 valence electrons. The molecule has 0 radical (unpaired) electrons. The van der Waals surface area contributed by atoms with Crippen molar-refractivity contribution in [2.75, 3.05) is 33.1 Å². The lowest BCUT2D eigenvalue weighted by molar-refractivity contribution is 0.152. The number of hydrogen-bond donors (Lipinski definition) is 2. The molecule has 1 aliphatic carbocycles. The van der Waals surface area contributed by atoms with E-state index in [2.05, 4.69) is 15.5 Å².